The van der Waals surface area contributed by atoms with Gasteiger partial charge in [0.25, 0.3) is 0 Å². The summed E-state index contributed by atoms with van der Waals surface area (Å²) < 4.78 is 0. The minimum Gasteiger partial charge on any atom is -0.481 e. The van der Waals surface area contributed by atoms with Gasteiger partial charge in [-0.05, 0) is 12.8 Å². The molecule has 0 radical (unpaired) electrons. The number of carboxylic acids is 2. The van der Waals surface area contributed by atoms with Gasteiger partial charge >= 0.3 is 18.1 Å². The molecule has 0 spiro atoms. The monoisotopic (exact) mass is 350 g/mol. The fraction of sp³-hybridized carbons (Fsp3) is 0.824. The molecule has 4 N–H and O–H groups in total. The average Bonchev–Trinajstić information content (AvgIpc) is 2.46. The largest absolute Gasteiger partial charge is 0.503 e. The molecular formula is C17H34O7. The Kier molecular flexibility index (Phi) is 26.5. The Balaban J connectivity index is -0.000000301. The van der Waals surface area contributed by atoms with Gasteiger partial charge in [-0.1, -0.05) is 65.2 Å². The van der Waals surface area contributed by atoms with Crippen LogP contribution >= 0.6 is 0 Å². The first kappa shape index (κ1) is 27.1. The Bertz CT molecular complexity index is 275. The summed E-state index contributed by atoms with van der Waals surface area (Å²) in [7, 11) is 0. The Morgan fingerprint density at radius 3 is 1.00 bits per heavy atom. The van der Waals surface area contributed by atoms with Crippen molar-refractivity contribution in [3.8, 4) is 0 Å². The van der Waals surface area contributed by atoms with Gasteiger partial charge in [-0.15, -0.1) is 0 Å². The second-order valence-electron chi connectivity index (χ2n) is 5.40. The molecule has 0 unspecified atom stereocenters. The van der Waals surface area contributed by atoms with Crippen molar-refractivity contribution in [3.05, 3.63) is 0 Å². The number of unbranched alkanes of at least 4 members (excludes halogenated alkanes) is 8. The van der Waals surface area contributed by atoms with Crippen LogP contribution in [-0.4, -0.2) is 38.5 Å². The summed E-state index contributed by atoms with van der Waals surface area (Å²) in [5, 5.41) is 30.5. The van der Waals surface area contributed by atoms with Crippen molar-refractivity contribution in [2.75, 3.05) is 0 Å². The highest BCUT2D eigenvalue weighted by molar-refractivity contribution is 5.66. The van der Waals surface area contributed by atoms with E-state index >= 15 is 0 Å². The van der Waals surface area contributed by atoms with E-state index in [2.05, 4.69) is 13.8 Å². The number of hydrogen-bond donors (Lipinski definition) is 4. The lowest BCUT2D eigenvalue weighted by atomic mass is 10.1. The van der Waals surface area contributed by atoms with Crippen molar-refractivity contribution in [1.82, 2.24) is 0 Å². The topological polar surface area (TPSA) is 132 Å². The minimum atomic E-state index is -1.83. The van der Waals surface area contributed by atoms with E-state index in [4.69, 9.17) is 25.2 Å². The molecule has 0 aliphatic carbocycles. The summed E-state index contributed by atoms with van der Waals surface area (Å²) in [5.74, 6) is -1.34. The highest BCUT2D eigenvalue weighted by atomic mass is 16.6. The van der Waals surface area contributed by atoms with Crippen molar-refractivity contribution in [2.24, 2.45) is 0 Å². The molecule has 0 aliphatic rings. The van der Waals surface area contributed by atoms with Gasteiger partial charge in [-0.2, -0.15) is 0 Å². The molecule has 144 valence electrons. The van der Waals surface area contributed by atoms with Crippen molar-refractivity contribution in [2.45, 2.75) is 90.9 Å². The molecule has 0 heterocycles. The van der Waals surface area contributed by atoms with Crippen molar-refractivity contribution in [3.63, 3.8) is 0 Å². The zero-order valence-corrected chi connectivity index (χ0v) is 15.0. The van der Waals surface area contributed by atoms with Crippen LogP contribution in [-0.2, 0) is 9.59 Å². The summed E-state index contributed by atoms with van der Waals surface area (Å²) >= 11 is 0. The first-order valence-corrected chi connectivity index (χ1v) is 8.63. The number of hydrogen-bond acceptors (Lipinski definition) is 3. The quantitative estimate of drug-likeness (QED) is 0.360. The summed E-state index contributed by atoms with van der Waals surface area (Å²) in [5.41, 5.74) is 0. The molecule has 0 aromatic rings. The first-order chi connectivity index (χ1) is 11.3. The summed E-state index contributed by atoms with van der Waals surface area (Å²) in [4.78, 5) is 28.6. The predicted molar refractivity (Wildman–Crippen MR) is 92.7 cm³/mol. The lowest BCUT2D eigenvalue weighted by Crippen LogP contribution is -1.93. The fourth-order valence-electron chi connectivity index (χ4n) is 1.76. The first-order valence-electron chi connectivity index (χ1n) is 8.63. The SMILES string of the molecule is CCCCCCCC(=O)O.CCCCCCCC(=O)O.O=C(O)O. The predicted octanol–water partition coefficient (Wildman–Crippen LogP) is 5.09. The van der Waals surface area contributed by atoms with E-state index < -0.39 is 18.1 Å². The zero-order chi connectivity index (χ0) is 19.2. The van der Waals surface area contributed by atoms with Gasteiger partial charge in [-0.25, -0.2) is 4.79 Å². The second kappa shape index (κ2) is 23.5. The number of rotatable bonds is 12. The molecule has 0 rings (SSSR count). The Hall–Kier alpha value is -1.79. The van der Waals surface area contributed by atoms with Gasteiger partial charge in [0.15, 0.2) is 0 Å². The molecule has 7 nitrogen and oxygen atoms in total. The molecule has 0 bridgehead atoms. The molecule has 0 aromatic heterocycles. The Morgan fingerprint density at radius 1 is 0.542 bits per heavy atom. The van der Waals surface area contributed by atoms with E-state index in [-0.39, 0.29) is 0 Å². The maximum absolute atomic E-state index is 10.0. The molecule has 7 heteroatoms. The normalized spacial score (nSPS) is 9.08. The third-order valence-electron chi connectivity index (χ3n) is 2.99. The van der Waals surface area contributed by atoms with Gasteiger partial charge < -0.3 is 20.4 Å². The van der Waals surface area contributed by atoms with Crippen molar-refractivity contribution in [1.29, 1.82) is 0 Å². The fourth-order valence-corrected chi connectivity index (χ4v) is 1.76. The molecule has 0 aliphatic heterocycles. The summed E-state index contributed by atoms with van der Waals surface area (Å²) in [6, 6.07) is 0. The number of carboxylic acid groups (broad SMARTS) is 4. The van der Waals surface area contributed by atoms with Gasteiger partial charge in [0, 0.05) is 12.8 Å². The Labute approximate surface area is 144 Å². The minimum absolute atomic E-state index is 0.337. The van der Waals surface area contributed by atoms with E-state index in [9.17, 15) is 9.59 Å². The average molecular weight is 350 g/mol. The van der Waals surface area contributed by atoms with Gasteiger partial charge in [0.05, 0.1) is 0 Å². The third kappa shape index (κ3) is 50.0. The van der Waals surface area contributed by atoms with Crippen LogP contribution in [0.15, 0.2) is 0 Å². The summed E-state index contributed by atoms with van der Waals surface area (Å²) in [6.45, 7) is 4.30. The van der Waals surface area contributed by atoms with E-state index in [1.54, 1.807) is 0 Å². The maximum atomic E-state index is 10.0. The van der Waals surface area contributed by atoms with Crippen molar-refractivity contribution >= 4 is 18.1 Å². The highest BCUT2D eigenvalue weighted by Crippen LogP contribution is 2.04. The van der Waals surface area contributed by atoms with Crippen LogP contribution < -0.4 is 0 Å². The second-order valence-corrected chi connectivity index (χ2v) is 5.40. The van der Waals surface area contributed by atoms with Gasteiger partial charge in [-0.3, -0.25) is 9.59 Å². The van der Waals surface area contributed by atoms with Gasteiger partial charge in [0.2, 0.25) is 0 Å². The van der Waals surface area contributed by atoms with Crippen LogP contribution in [0, 0.1) is 0 Å². The molecule has 0 amide bonds. The lowest BCUT2D eigenvalue weighted by molar-refractivity contribution is -0.138. The zero-order valence-electron chi connectivity index (χ0n) is 15.0. The van der Waals surface area contributed by atoms with Crippen molar-refractivity contribution < 1.29 is 34.8 Å². The number of aliphatic carboxylic acids is 2. The summed E-state index contributed by atoms with van der Waals surface area (Å²) in [6.07, 6.45) is 9.94. The van der Waals surface area contributed by atoms with Crippen LogP contribution in [0.25, 0.3) is 0 Å². The highest BCUT2D eigenvalue weighted by Gasteiger charge is 1.95. The molecule has 0 atom stereocenters. The molecular weight excluding hydrogens is 316 g/mol. The van der Waals surface area contributed by atoms with E-state index in [0.717, 1.165) is 25.7 Å². The Morgan fingerprint density at radius 2 is 0.792 bits per heavy atom. The van der Waals surface area contributed by atoms with Crippen LogP contribution in [0.3, 0.4) is 0 Å². The standard InChI is InChI=1S/2C8H16O2.CH2O3/c2*1-2-3-4-5-6-7-8(9)10;2-1(3)4/h2*2-7H2,1H3,(H,9,10);(H2,2,3,4). The smallest absolute Gasteiger partial charge is 0.481 e. The van der Waals surface area contributed by atoms with Crippen LogP contribution in [0.4, 0.5) is 4.79 Å². The van der Waals surface area contributed by atoms with E-state index in [0.29, 0.717) is 12.8 Å². The third-order valence-corrected chi connectivity index (χ3v) is 2.99. The molecule has 0 saturated carbocycles. The molecule has 0 aromatic carbocycles. The number of carbonyl (C=O) groups is 3. The van der Waals surface area contributed by atoms with E-state index in [1.807, 2.05) is 0 Å². The molecule has 0 fully saturated rings. The van der Waals surface area contributed by atoms with Crippen LogP contribution in [0.5, 0.6) is 0 Å². The lowest BCUT2D eigenvalue weighted by Gasteiger charge is -1.95. The van der Waals surface area contributed by atoms with Crippen LogP contribution in [0.2, 0.25) is 0 Å². The molecule has 0 saturated heterocycles. The molecule has 24 heavy (non-hydrogen) atoms. The van der Waals surface area contributed by atoms with E-state index in [1.165, 1.54) is 38.5 Å². The van der Waals surface area contributed by atoms with Gasteiger partial charge in [0.1, 0.15) is 0 Å². The maximum Gasteiger partial charge on any atom is 0.503 e. The van der Waals surface area contributed by atoms with Crippen LogP contribution in [0.1, 0.15) is 90.9 Å².